The Labute approximate surface area is 123 Å². The van der Waals surface area contributed by atoms with Crippen molar-refractivity contribution in [2.75, 3.05) is 0 Å². The Morgan fingerprint density at radius 1 is 1.00 bits per heavy atom. The third kappa shape index (κ3) is 1.40. The lowest BCUT2D eigenvalue weighted by Gasteiger charge is -2.05. The first-order valence-corrected chi connectivity index (χ1v) is 7.86. The number of hydrogen-bond acceptors (Lipinski definition) is 2. The summed E-state index contributed by atoms with van der Waals surface area (Å²) in [6.07, 6.45) is 3.06. The zero-order valence-corrected chi connectivity index (χ0v) is 13.1. The molecule has 0 unspecified atom stereocenters. The van der Waals surface area contributed by atoms with Crippen molar-refractivity contribution in [1.29, 1.82) is 0 Å². The summed E-state index contributed by atoms with van der Waals surface area (Å²) in [6.45, 7) is 8.84. The summed E-state index contributed by atoms with van der Waals surface area (Å²) in [5.41, 5.74) is 9.60. The second kappa shape index (κ2) is 3.92. The van der Waals surface area contributed by atoms with Crippen molar-refractivity contribution in [2.24, 2.45) is 0 Å². The first-order chi connectivity index (χ1) is 9.58. The highest BCUT2D eigenvalue weighted by atomic mass is 32.1. The minimum Gasteiger partial charge on any atom is -0.256 e. The molecule has 2 heterocycles. The van der Waals surface area contributed by atoms with Crippen LogP contribution in [0.5, 0.6) is 0 Å². The molecule has 2 aromatic heterocycles. The largest absolute Gasteiger partial charge is 0.256 e. The van der Waals surface area contributed by atoms with Gasteiger partial charge in [-0.1, -0.05) is 12.1 Å². The van der Waals surface area contributed by atoms with Crippen molar-refractivity contribution < 1.29 is 0 Å². The molecule has 0 radical (unpaired) electrons. The molecular weight excluding hydrogens is 262 g/mol. The van der Waals surface area contributed by atoms with Crippen LogP contribution in [0.3, 0.4) is 0 Å². The fraction of sp³-hybridized carbons (Fsp3) is 0.278. The van der Waals surface area contributed by atoms with E-state index >= 15 is 0 Å². The van der Waals surface area contributed by atoms with E-state index < -0.39 is 0 Å². The summed E-state index contributed by atoms with van der Waals surface area (Å²) in [4.78, 5) is 6.14. The molecule has 1 aliphatic carbocycles. The van der Waals surface area contributed by atoms with E-state index in [1.165, 1.54) is 54.0 Å². The van der Waals surface area contributed by atoms with Crippen LogP contribution in [0.4, 0.5) is 0 Å². The number of aryl methyl sites for hydroxylation is 3. The smallest absolute Gasteiger partial charge is 0.0743 e. The number of thiophene rings is 1. The first kappa shape index (κ1) is 12.1. The fourth-order valence-electron chi connectivity index (χ4n) is 3.23. The Hall–Kier alpha value is -1.67. The van der Waals surface area contributed by atoms with Gasteiger partial charge in [-0.05, 0) is 60.9 Å². The predicted octanol–water partition coefficient (Wildman–Crippen LogP) is 5.10. The van der Waals surface area contributed by atoms with Crippen LogP contribution in [-0.2, 0) is 6.42 Å². The predicted molar refractivity (Wildman–Crippen MR) is 86.8 cm³/mol. The van der Waals surface area contributed by atoms with Crippen LogP contribution >= 0.6 is 11.3 Å². The number of hydrogen-bond donors (Lipinski definition) is 0. The van der Waals surface area contributed by atoms with Gasteiger partial charge in [-0.15, -0.1) is 11.3 Å². The maximum Gasteiger partial charge on any atom is 0.0743 e. The molecule has 0 saturated heterocycles. The average Bonchev–Trinajstić information content (AvgIpc) is 2.94. The molecule has 100 valence electrons. The van der Waals surface area contributed by atoms with Crippen molar-refractivity contribution >= 4 is 21.4 Å². The van der Waals surface area contributed by atoms with Crippen LogP contribution in [0.2, 0.25) is 0 Å². The normalized spacial score (nSPS) is 12.8. The summed E-state index contributed by atoms with van der Waals surface area (Å²) < 4.78 is 1.47. The van der Waals surface area contributed by atoms with Gasteiger partial charge in [-0.2, -0.15) is 0 Å². The third-order valence-electron chi connectivity index (χ3n) is 4.77. The van der Waals surface area contributed by atoms with Gasteiger partial charge < -0.3 is 0 Å². The average molecular weight is 279 g/mol. The summed E-state index contributed by atoms with van der Waals surface area (Å²) in [5, 5.41) is 1.42. The molecule has 2 heteroatoms. The molecule has 0 aliphatic heterocycles. The Morgan fingerprint density at radius 2 is 1.80 bits per heavy atom. The highest BCUT2D eigenvalue weighted by Crippen LogP contribution is 2.44. The third-order valence-corrected chi connectivity index (χ3v) is 6.06. The van der Waals surface area contributed by atoms with Gasteiger partial charge >= 0.3 is 0 Å². The van der Waals surface area contributed by atoms with Gasteiger partial charge in [0.1, 0.15) is 0 Å². The Balaban J connectivity index is 2.07. The first-order valence-electron chi connectivity index (χ1n) is 7.05. The standard InChI is InChI=1S/C18H17NS/c1-9-8-19-17-14-6-5-13-11(3)12(4)20-18(13)16(14)7-15(17)10(9)2/h5-6,8H,7H2,1-4H3. The molecule has 0 saturated carbocycles. The van der Waals surface area contributed by atoms with E-state index in [9.17, 15) is 0 Å². The summed E-state index contributed by atoms with van der Waals surface area (Å²) in [7, 11) is 0. The number of aromatic nitrogens is 1. The summed E-state index contributed by atoms with van der Waals surface area (Å²) in [6, 6.07) is 4.55. The second-order valence-electron chi connectivity index (χ2n) is 5.82. The van der Waals surface area contributed by atoms with Crippen LogP contribution in [0.1, 0.15) is 32.7 Å². The lowest BCUT2D eigenvalue weighted by atomic mass is 10.0. The summed E-state index contributed by atoms with van der Waals surface area (Å²) in [5.74, 6) is 0. The second-order valence-corrected chi connectivity index (χ2v) is 7.05. The lowest BCUT2D eigenvalue weighted by molar-refractivity contribution is 1.15. The fourth-order valence-corrected chi connectivity index (χ4v) is 4.44. The Morgan fingerprint density at radius 3 is 2.60 bits per heavy atom. The van der Waals surface area contributed by atoms with Gasteiger partial charge in [0, 0.05) is 27.8 Å². The molecular formula is C18H17NS. The van der Waals surface area contributed by atoms with Crippen molar-refractivity contribution in [1.82, 2.24) is 4.98 Å². The minimum absolute atomic E-state index is 1.04. The molecule has 1 aromatic carbocycles. The quantitative estimate of drug-likeness (QED) is 0.436. The molecule has 0 N–H and O–H groups in total. The van der Waals surface area contributed by atoms with Crippen LogP contribution in [0, 0.1) is 27.7 Å². The lowest BCUT2D eigenvalue weighted by Crippen LogP contribution is -1.92. The number of nitrogens with zero attached hydrogens (tertiary/aromatic N) is 1. The van der Waals surface area contributed by atoms with E-state index in [2.05, 4.69) is 39.8 Å². The number of rotatable bonds is 0. The van der Waals surface area contributed by atoms with Gasteiger partial charge in [0.05, 0.1) is 5.69 Å². The molecule has 3 aromatic rings. The molecule has 1 aliphatic rings. The monoisotopic (exact) mass is 279 g/mol. The molecule has 4 rings (SSSR count). The van der Waals surface area contributed by atoms with E-state index in [1.54, 1.807) is 0 Å². The Bertz CT molecular complexity index is 871. The van der Waals surface area contributed by atoms with Crippen LogP contribution in [0.25, 0.3) is 21.3 Å². The maximum absolute atomic E-state index is 4.70. The zero-order chi connectivity index (χ0) is 14.0. The van der Waals surface area contributed by atoms with Crippen molar-refractivity contribution in [3.05, 3.63) is 51.0 Å². The van der Waals surface area contributed by atoms with Crippen molar-refractivity contribution in [3.8, 4) is 11.3 Å². The minimum atomic E-state index is 1.04. The SMILES string of the molecule is Cc1cnc2c(c1C)Cc1c-2ccc2c(C)c(C)sc12. The molecule has 0 amide bonds. The number of fused-ring (bicyclic) bond motifs is 5. The van der Waals surface area contributed by atoms with E-state index in [1.807, 2.05) is 17.5 Å². The maximum atomic E-state index is 4.70. The van der Waals surface area contributed by atoms with E-state index in [4.69, 9.17) is 4.98 Å². The number of pyridine rings is 1. The van der Waals surface area contributed by atoms with E-state index in [0.29, 0.717) is 0 Å². The topological polar surface area (TPSA) is 12.9 Å². The van der Waals surface area contributed by atoms with Crippen LogP contribution in [0.15, 0.2) is 18.3 Å². The Kier molecular flexibility index (Phi) is 2.37. The van der Waals surface area contributed by atoms with Crippen LogP contribution < -0.4 is 0 Å². The van der Waals surface area contributed by atoms with Crippen molar-refractivity contribution in [3.63, 3.8) is 0 Å². The molecule has 1 nitrogen and oxygen atoms in total. The van der Waals surface area contributed by atoms with Gasteiger partial charge in [0.25, 0.3) is 0 Å². The van der Waals surface area contributed by atoms with E-state index in [0.717, 1.165) is 6.42 Å². The summed E-state index contributed by atoms with van der Waals surface area (Å²) >= 11 is 1.94. The van der Waals surface area contributed by atoms with Crippen LogP contribution in [-0.4, -0.2) is 4.98 Å². The molecule has 0 spiro atoms. The molecule has 0 fully saturated rings. The molecule has 0 bridgehead atoms. The molecule has 0 atom stereocenters. The van der Waals surface area contributed by atoms with Gasteiger partial charge in [0.15, 0.2) is 0 Å². The highest BCUT2D eigenvalue weighted by molar-refractivity contribution is 7.19. The van der Waals surface area contributed by atoms with Gasteiger partial charge in [-0.3, -0.25) is 4.98 Å². The van der Waals surface area contributed by atoms with Gasteiger partial charge in [-0.25, -0.2) is 0 Å². The highest BCUT2D eigenvalue weighted by Gasteiger charge is 2.25. The van der Waals surface area contributed by atoms with Gasteiger partial charge in [0.2, 0.25) is 0 Å². The number of benzene rings is 1. The van der Waals surface area contributed by atoms with Crippen molar-refractivity contribution in [2.45, 2.75) is 34.1 Å². The van der Waals surface area contributed by atoms with E-state index in [-0.39, 0.29) is 0 Å². The zero-order valence-electron chi connectivity index (χ0n) is 12.3. The molecule has 20 heavy (non-hydrogen) atoms.